The summed E-state index contributed by atoms with van der Waals surface area (Å²) < 4.78 is 21.5. The predicted molar refractivity (Wildman–Crippen MR) is 56.7 cm³/mol. The van der Waals surface area contributed by atoms with Gasteiger partial charge >= 0.3 is 0 Å². The van der Waals surface area contributed by atoms with Gasteiger partial charge in [-0.3, -0.25) is 0 Å². The predicted octanol–water partition coefficient (Wildman–Crippen LogP) is 3.34. The quantitative estimate of drug-likeness (QED) is 0.740. The number of hydrogen-bond donors (Lipinski definition) is 0. The average molecular weight is 282 g/mol. The SMILES string of the molecule is Cl.O=S(=O)(Cl)c1ccc(Cl)c(Cl)c1. The third kappa shape index (κ3) is 3.52. The Balaban J connectivity index is 0.00000144. The van der Waals surface area contributed by atoms with Gasteiger partial charge in [-0.15, -0.1) is 12.4 Å². The largest absolute Gasteiger partial charge is 0.261 e. The highest BCUT2D eigenvalue weighted by Gasteiger charge is 2.10. The lowest BCUT2D eigenvalue weighted by Crippen LogP contribution is -1.89. The van der Waals surface area contributed by atoms with E-state index in [0.717, 1.165) is 0 Å². The molecule has 0 unspecified atom stereocenters. The minimum absolute atomic E-state index is 0. The molecule has 0 aliphatic heterocycles. The Morgan fingerprint density at radius 3 is 2.00 bits per heavy atom. The van der Waals surface area contributed by atoms with Crippen molar-refractivity contribution in [3.8, 4) is 0 Å². The van der Waals surface area contributed by atoms with Crippen molar-refractivity contribution in [2.75, 3.05) is 0 Å². The summed E-state index contributed by atoms with van der Waals surface area (Å²) in [7, 11) is 1.34. The van der Waals surface area contributed by atoms with Crippen molar-refractivity contribution in [1.29, 1.82) is 0 Å². The molecule has 0 radical (unpaired) electrons. The molecule has 0 heterocycles. The van der Waals surface area contributed by atoms with Crippen molar-refractivity contribution in [3.05, 3.63) is 28.2 Å². The fourth-order valence-corrected chi connectivity index (χ4v) is 1.77. The zero-order chi connectivity index (χ0) is 9.35. The smallest absolute Gasteiger partial charge is 0.207 e. The highest BCUT2D eigenvalue weighted by Crippen LogP contribution is 2.26. The minimum atomic E-state index is -3.71. The lowest BCUT2D eigenvalue weighted by molar-refractivity contribution is 0.609. The minimum Gasteiger partial charge on any atom is -0.207 e. The van der Waals surface area contributed by atoms with Crippen LogP contribution < -0.4 is 0 Å². The molecule has 1 aromatic carbocycles. The van der Waals surface area contributed by atoms with Crippen LogP contribution >= 0.6 is 46.3 Å². The van der Waals surface area contributed by atoms with Crippen molar-refractivity contribution in [3.63, 3.8) is 0 Å². The zero-order valence-corrected chi connectivity index (χ0v) is 9.90. The first kappa shape index (κ1) is 13.3. The van der Waals surface area contributed by atoms with E-state index in [0.29, 0.717) is 5.02 Å². The van der Waals surface area contributed by atoms with E-state index in [2.05, 4.69) is 0 Å². The number of rotatable bonds is 1. The van der Waals surface area contributed by atoms with E-state index in [1.165, 1.54) is 18.2 Å². The summed E-state index contributed by atoms with van der Waals surface area (Å²) in [6.45, 7) is 0. The van der Waals surface area contributed by atoms with Crippen LogP contribution in [0.4, 0.5) is 0 Å². The fourth-order valence-electron chi connectivity index (χ4n) is 0.629. The Bertz CT molecular complexity index is 401. The van der Waals surface area contributed by atoms with Crippen LogP contribution in [0, 0.1) is 0 Å². The van der Waals surface area contributed by atoms with Gasteiger partial charge in [0, 0.05) is 10.7 Å². The number of halogens is 4. The lowest BCUT2D eigenvalue weighted by Gasteiger charge is -1.97. The van der Waals surface area contributed by atoms with Gasteiger partial charge in [0.25, 0.3) is 9.05 Å². The molecule has 2 nitrogen and oxygen atoms in total. The molecule has 0 aromatic heterocycles. The van der Waals surface area contributed by atoms with E-state index in [1.807, 2.05) is 0 Å². The van der Waals surface area contributed by atoms with E-state index < -0.39 is 9.05 Å². The summed E-state index contributed by atoms with van der Waals surface area (Å²) in [5, 5.41) is 0.458. The summed E-state index contributed by atoms with van der Waals surface area (Å²) >= 11 is 11.1. The van der Waals surface area contributed by atoms with Crippen molar-refractivity contribution in [1.82, 2.24) is 0 Å². The standard InChI is InChI=1S/C6H3Cl3O2S.ClH/c7-5-2-1-4(3-6(5)8)12(9,10)11;/h1-3H;1H. The van der Waals surface area contributed by atoms with Crippen molar-refractivity contribution in [2.24, 2.45) is 0 Å². The van der Waals surface area contributed by atoms with Crippen LogP contribution in [-0.2, 0) is 9.05 Å². The molecule has 0 spiro atoms. The van der Waals surface area contributed by atoms with Gasteiger partial charge in [0.05, 0.1) is 14.9 Å². The van der Waals surface area contributed by atoms with E-state index in [1.54, 1.807) is 0 Å². The molecule has 7 heteroatoms. The van der Waals surface area contributed by atoms with Crippen LogP contribution in [0.3, 0.4) is 0 Å². The van der Waals surface area contributed by atoms with Gasteiger partial charge in [-0.1, -0.05) is 23.2 Å². The topological polar surface area (TPSA) is 34.1 Å². The maximum absolute atomic E-state index is 10.8. The molecule has 1 rings (SSSR count). The molecule has 1 aromatic rings. The van der Waals surface area contributed by atoms with E-state index in [-0.39, 0.29) is 22.3 Å². The second-order valence-corrected chi connectivity index (χ2v) is 5.39. The summed E-state index contributed by atoms with van der Waals surface area (Å²) in [6.07, 6.45) is 0. The van der Waals surface area contributed by atoms with E-state index in [9.17, 15) is 8.42 Å². The maximum Gasteiger partial charge on any atom is 0.261 e. The number of benzene rings is 1. The van der Waals surface area contributed by atoms with Gasteiger partial charge in [-0.25, -0.2) is 8.42 Å². The van der Waals surface area contributed by atoms with Gasteiger partial charge in [0.15, 0.2) is 0 Å². The Labute approximate surface area is 96.6 Å². The molecular weight excluding hydrogens is 278 g/mol. The molecule has 0 aliphatic rings. The normalized spacial score (nSPS) is 10.7. The summed E-state index contributed by atoms with van der Waals surface area (Å²) in [5.41, 5.74) is 0. The second kappa shape index (κ2) is 4.71. The number of hydrogen-bond acceptors (Lipinski definition) is 2. The first-order valence-corrected chi connectivity index (χ1v) is 5.87. The van der Waals surface area contributed by atoms with Gasteiger partial charge < -0.3 is 0 Å². The van der Waals surface area contributed by atoms with Crippen LogP contribution in [0.25, 0.3) is 0 Å². The van der Waals surface area contributed by atoms with Gasteiger partial charge in [0.2, 0.25) is 0 Å². The molecule has 0 aliphatic carbocycles. The Morgan fingerprint density at radius 2 is 1.62 bits per heavy atom. The highest BCUT2D eigenvalue weighted by atomic mass is 35.7. The molecule has 13 heavy (non-hydrogen) atoms. The third-order valence-electron chi connectivity index (χ3n) is 1.17. The van der Waals surface area contributed by atoms with Crippen LogP contribution in [0.1, 0.15) is 0 Å². The average Bonchev–Trinajstić information content (AvgIpc) is 1.92. The van der Waals surface area contributed by atoms with Gasteiger partial charge in [0.1, 0.15) is 0 Å². The van der Waals surface area contributed by atoms with Crippen LogP contribution in [0.15, 0.2) is 23.1 Å². The lowest BCUT2D eigenvalue weighted by atomic mass is 10.4. The molecule has 74 valence electrons. The first-order chi connectivity index (χ1) is 5.41. The molecule has 0 amide bonds. The van der Waals surface area contributed by atoms with Crippen LogP contribution in [-0.4, -0.2) is 8.42 Å². The van der Waals surface area contributed by atoms with Gasteiger partial charge in [-0.05, 0) is 18.2 Å². The molecule has 0 saturated carbocycles. The van der Waals surface area contributed by atoms with Crippen molar-refractivity contribution < 1.29 is 8.42 Å². The fraction of sp³-hybridized carbons (Fsp3) is 0. The molecule has 0 fully saturated rings. The van der Waals surface area contributed by atoms with E-state index in [4.69, 9.17) is 33.9 Å². The summed E-state index contributed by atoms with van der Waals surface area (Å²) in [5.74, 6) is 0. The summed E-state index contributed by atoms with van der Waals surface area (Å²) in [6, 6.07) is 3.86. The Kier molecular flexibility index (Phi) is 4.83. The van der Waals surface area contributed by atoms with Gasteiger partial charge in [-0.2, -0.15) is 0 Å². The molecule has 0 saturated heterocycles. The Hall–Kier alpha value is 0.330. The van der Waals surface area contributed by atoms with Crippen molar-refractivity contribution >= 4 is 55.3 Å². The maximum atomic E-state index is 10.8. The molecular formula is C6H4Cl4O2S. The van der Waals surface area contributed by atoms with Crippen molar-refractivity contribution in [2.45, 2.75) is 4.90 Å². The monoisotopic (exact) mass is 280 g/mol. The second-order valence-electron chi connectivity index (χ2n) is 2.01. The molecule has 0 bridgehead atoms. The van der Waals surface area contributed by atoms with E-state index >= 15 is 0 Å². The Morgan fingerprint density at radius 1 is 1.08 bits per heavy atom. The molecule has 0 N–H and O–H groups in total. The van der Waals surface area contributed by atoms with Crippen LogP contribution in [0.5, 0.6) is 0 Å². The third-order valence-corrected chi connectivity index (χ3v) is 3.26. The van der Waals surface area contributed by atoms with Crippen LogP contribution in [0.2, 0.25) is 10.0 Å². The zero-order valence-electron chi connectivity index (χ0n) is 6.00. The first-order valence-electron chi connectivity index (χ1n) is 2.81. The molecule has 0 atom stereocenters. The highest BCUT2D eigenvalue weighted by molar-refractivity contribution is 8.13. The summed E-state index contributed by atoms with van der Waals surface area (Å²) in [4.78, 5) is -0.0569.